The van der Waals surface area contributed by atoms with Gasteiger partial charge in [0.05, 0.1) is 22.4 Å². The summed E-state index contributed by atoms with van der Waals surface area (Å²) in [5.41, 5.74) is 2.86. The summed E-state index contributed by atoms with van der Waals surface area (Å²) in [4.78, 5) is 30.6. The minimum Gasteiger partial charge on any atom is -0.488 e. The number of rotatable bonds is 8. The molecule has 0 fully saturated rings. The fourth-order valence-corrected chi connectivity index (χ4v) is 5.28. The van der Waals surface area contributed by atoms with E-state index in [-0.39, 0.29) is 22.5 Å². The quantitative estimate of drug-likeness (QED) is 0.109. The Morgan fingerprint density at radius 1 is 1.19 bits per heavy atom. The molecule has 0 saturated heterocycles. The standard InChI is InChI=1S/C26H22Cl2N2O6S/c1-5-15-19(23-21(27)24(28)30-37-23)20-17(10-13(2)11-18(20)36-25(15)31)35-12-14-8-6-7-9-16(14)22(29-34-4)26(32)33-3/h6-11H,5,12H2,1-4H3/b29-22+. The Balaban J connectivity index is 1.89. The van der Waals surface area contributed by atoms with Crippen molar-refractivity contribution in [2.75, 3.05) is 14.2 Å². The van der Waals surface area contributed by atoms with Gasteiger partial charge in [-0.25, -0.2) is 9.59 Å². The summed E-state index contributed by atoms with van der Waals surface area (Å²) in [6, 6.07) is 10.7. The first-order valence-electron chi connectivity index (χ1n) is 11.1. The molecule has 0 amide bonds. The summed E-state index contributed by atoms with van der Waals surface area (Å²) >= 11 is 13.7. The van der Waals surface area contributed by atoms with Crippen LogP contribution in [0.2, 0.25) is 10.2 Å². The van der Waals surface area contributed by atoms with Crippen molar-refractivity contribution < 1.29 is 23.5 Å². The zero-order chi connectivity index (χ0) is 26.7. The van der Waals surface area contributed by atoms with Crippen LogP contribution in [0.25, 0.3) is 21.4 Å². The lowest BCUT2D eigenvalue weighted by Crippen LogP contribution is -2.20. The molecule has 2 aromatic heterocycles. The maximum absolute atomic E-state index is 12.9. The van der Waals surface area contributed by atoms with Gasteiger partial charge in [0.15, 0.2) is 10.9 Å². The second-order valence-corrected chi connectivity index (χ2v) is 9.42. The summed E-state index contributed by atoms with van der Waals surface area (Å²) in [5.74, 6) is -0.189. The molecule has 0 radical (unpaired) electrons. The molecule has 11 heteroatoms. The number of halogens is 2. The topological polar surface area (TPSA) is 100 Å². The van der Waals surface area contributed by atoms with Crippen LogP contribution in [-0.2, 0) is 27.4 Å². The van der Waals surface area contributed by atoms with Gasteiger partial charge in [-0.05, 0) is 48.1 Å². The third kappa shape index (κ3) is 5.20. The Kier molecular flexibility index (Phi) is 8.16. The Hall–Kier alpha value is -3.40. The first-order valence-corrected chi connectivity index (χ1v) is 12.6. The maximum Gasteiger partial charge on any atom is 0.360 e. The number of carbonyl (C=O) groups is 1. The van der Waals surface area contributed by atoms with Gasteiger partial charge in [0, 0.05) is 16.7 Å². The van der Waals surface area contributed by atoms with Crippen LogP contribution < -0.4 is 10.4 Å². The van der Waals surface area contributed by atoms with Crippen molar-refractivity contribution in [1.82, 2.24) is 4.37 Å². The SMILES string of the molecule is CCc1c(-c2snc(Cl)c2Cl)c2c(OCc3ccccc3/C(=N\OC)C(=O)OC)cc(C)cc2oc1=O. The molecule has 2 aromatic carbocycles. The lowest BCUT2D eigenvalue weighted by Gasteiger charge is -2.16. The van der Waals surface area contributed by atoms with Crippen LogP contribution in [0.5, 0.6) is 5.75 Å². The number of hydrogen-bond donors (Lipinski definition) is 0. The third-order valence-corrected chi connectivity index (χ3v) is 7.42. The molecular formula is C26H22Cl2N2O6S. The Morgan fingerprint density at radius 2 is 1.95 bits per heavy atom. The largest absolute Gasteiger partial charge is 0.488 e. The van der Waals surface area contributed by atoms with Gasteiger partial charge in [0.2, 0.25) is 0 Å². The van der Waals surface area contributed by atoms with E-state index in [1.54, 1.807) is 24.3 Å². The molecule has 0 spiro atoms. The minimum absolute atomic E-state index is 0.00402. The van der Waals surface area contributed by atoms with Crippen LogP contribution in [0.4, 0.5) is 0 Å². The smallest absolute Gasteiger partial charge is 0.360 e. The highest BCUT2D eigenvalue weighted by Crippen LogP contribution is 2.44. The van der Waals surface area contributed by atoms with Crippen molar-refractivity contribution in [3.8, 4) is 16.2 Å². The molecule has 192 valence electrons. The van der Waals surface area contributed by atoms with Gasteiger partial charge in [-0.15, -0.1) is 0 Å². The van der Waals surface area contributed by atoms with Crippen molar-refractivity contribution in [2.45, 2.75) is 26.9 Å². The van der Waals surface area contributed by atoms with Crippen LogP contribution in [0, 0.1) is 6.92 Å². The molecule has 0 aliphatic carbocycles. The second-order valence-electron chi connectivity index (χ2n) is 7.91. The summed E-state index contributed by atoms with van der Waals surface area (Å²) in [6.45, 7) is 3.78. The number of fused-ring (bicyclic) bond motifs is 1. The van der Waals surface area contributed by atoms with Crippen LogP contribution in [-0.4, -0.2) is 30.3 Å². The first-order chi connectivity index (χ1) is 17.8. The molecule has 0 aliphatic heterocycles. The minimum atomic E-state index is -0.649. The molecule has 0 saturated carbocycles. The average Bonchev–Trinajstić information content (AvgIpc) is 3.22. The van der Waals surface area contributed by atoms with Crippen molar-refractivity contribution in [2.24, 2.45) is 5.16 Å². The van der Waals surface area contributed by atoms with Crippen molar-refractivity contribution in [1.29, 1.82) is 0 Å². The highest BCUT2D eigenvalue weighted by atomic mass is 35.5. The zero-order valence-electron chi connectivity index (χ0n) is 20.4. The molecule has 0 N–H and O–H groups in total. The van der Waals surface area contributed by atoms with E-state index in [9.17, 15) is 9.59 Å². The predicted octanol–water partition coefficient (Wildman–Crippen LogP) is 6.20. The lowest BCUT2D eigenvalue weighted by molar-refractivity contribution is -0.132. The van der Waals surface area contributed by atoms with Crippen LogP contribution in [0.3, 0.4) is 0 Å². The summed E-state index contributed by atoms with van der Waals surface area (Å²) < 4.78 is 21.0. The number of hydrogen-bond acceptors (Lipinski definition) is 9. The number of aryl methyl sites for hydroxylation is 1. The second kappa shape index (κ2) is 11.3. The number of aromatic nitrogens is 1. The van der Waals surface area contributed by atoms with Crippen LogP contribution >= 0.6 is 34.7 Å². The molecule has 0 unspecified atom stereocenters. The summed E-state index contributed by atoms with van der Waals surface area (Å²) in [5, 5.41) is 4.82. The number of methoxy groups -OCH3 is 1. The van der Waals surface area contributed by atoms with E-state index in [0.29, 0.717) is 50.3 Å². The monoisotopic (exact) mass is 560 g/mol. The van der Waals surface area contributed by atoms with Crippen LogP contribution in [0.15, 0.2) is 50.8 Å². The average molecular weight is 561 g/mol. The molecular weight excluding hydrogens is 539 g/mol. The molecule has 4 rings (SSSR count). The number of esters is 1. The summed E-state index contributed by atoms with van der Waals surface area (Å²) in [7, 11) is 2.61. The first kappa shape index (κ1) is 26.7. The van der Waals surface area contributed by atoms with E-state index >= 15 is 0 Å². The molecule has 0 atom stereocenters. The fraction of sp³-hybridized carbons (Fsp3) is 0.231. The number of ether oxygens (including phenoxy) is 2. The van der Waals surface area contributed by atoms with E-state index in [1.165, 1.54) is 14.2 Å². The molecule has 2 heterocycles. The normalized spacial score (nSPS) is 11.6. The fourth-order valence-electron chi connectivity index (χ4n) is 3.98. The number of benzene rings is 2. The van der Waals surface area contributed by atoms with Gasteiger partial charge < -0.3 is 18.7 Å². The van der Waals surface area contributed by atoms with Gasteiger partial charge in [-0.1, -0.05) is 59.5 Å². The molecule has 0 bridgehead atoms. The van der Waals surface area contributed by atoms with E-state index in [4.69, 9.17) is 41.9 Å². The van der Waals surface area contributed by atoms with Crippen molar-refractivity contribution in [3.05, 3.63) is 79.2 Å². The number of oxime groups is 1. The summed E-state index contributed by atoms with van der Waals surface area (Å²) in [6.07, 6.45) is 0.394. The van der Waals surface area contributed by atoms with Crippen molar-refractivity contribution >= 4 is 57.4 Å². The third-order valence-electron chi connectivity index (χ3n) is 5.61. The lowest BCUT2D eigenvalue weighted by atomic mass is 9.99. The predicted molar refractivity (Wildman–Crippen MR) is 144 cm³/mol. The zero-order valence-corrected chi connectivity index (χ0v) is 22.7. The van der Waals surface area contributed by atoms with Crippen LogP contribution in [0.1, 0.15) is 29.2 Å². The highest BCUT2D eigenvalue weighted by molar-refractivity contribution is 7.11. The van der Waals surface area contributed by atoms with Gasteiger partial charge in [0.25, 0.3) is 0 Å². The highest BCUT2D eigenvalue weighted by Gasteiger charge is 2.25. The van der Waals surface area contributed by atoms with E-state index < -0.39 is 11.6 Å². The number of carbonyl (C=O) groups excluding carboxylic acids is 1. The Labute approximate surface area is 226 Å². The maximum atomic E-state index is 12.9. The number of nitrogens with zero attached hydrogens (tertiary/aromatic N) is 2. The Morgan fingerprint density at radius 3 is 2.59 bits per heavy atom. The van der Waals surface area contributed by atoms with E-state index in [2.05, 4.69) is 9.53 Å². The Bertz CT molecular complexity index is 1580. The van der Waals surface area contributed by atoms with Crippen molar-refractivity contribution in [3.63, 3.8) is 0 Å². The van der Waals surface area contributed by atoms with Gasteiger partial charge >= 0.3 is 11.6 Å². The van der Waals surface area contributed by atoms with Gasteiger partial charge in [-0.2, -0.15) is 4.37 Å². The van der Waals surface area contributed by atoms with E-state index in [1.807, 2.05) is 26.0 Å². The molecule has 37 heavy (non-hydrogen) atoms. The molecule has 4 aromatic rings. The molecule has 0 aliphatic rings. The van der Waals surface area contributed by atoms with Gasteiger partial charge in [0.1, 0.15) is 25.0 Å². The molecule has 8 nitrogen and oxygen atoms in total. The van der Waals surface area contributed by atoms with E-state index in [0.717, 1.165) is 17.1 Å². The van der Waals surface area contributed by atoms with Gasteiger partial charge in [-0.3, -0.25) is 0 Å².